The third-order valence-electron chi connectivity index (χ3n) is 1.33. The van der Waals surface area contributed by atoms with Gasteiger partial charge in [0.15, 0.2) is 0 Å². The zero-order valence-corrected chi connectivity index (χ0v) is 7.22. The highest BCUT2D eigenvalue weighted by atomic mass is 16.5. The lowest BCUT2D eigenvalue weighted by Gasteiger charge is -2.04. The molecule has 0 spiro atoms. The molecule has 3 nitrogen and oxygen atoms in total. The first-order valence-electron chi connectivity index (χ1n) is 3.40. The number of methoxy groups -OCH3 is 1. The molecule has 0 aliphatic rings. The standard InChI is InChI=1S/C8H15NO2/c1-6(9)4-8(5-10)7(2)11-3/h4,10H,5,9H2,1-3H3/b6-4+,8-7-. The van der Waals surface area contributed by atoms with E-state index < -0.39 is 0 Å². The van der Waals surface area contributed by atoms with Crippen molar-refractivity contribution in [3.8, 4) is 0 Å². The van der Waals surface area contributed by atoms with Gasteiger partial charge in [-0.3, -0.25) is 0 Å². The molecule has 3 heteroatoms. The van der Waals surface area contributed by atoms with Crippen molar-refractivity contribution in [2.24, 2.45) is 5.73 Å². The summed E-state index contributed by atoms with van der Waals surface area (Å²) in [6, 6.07) is 0. The van der Waals surface area contributed by atoms with Crippen LogP contribution in [-0.4, -0.2) is 18.8 Å². The van der Waals surface area contributed by atoms with E-state index in [0.717, 1.165) is 0 Å². The van der Waals surface area contributed by atoms with Gasteiger partial charge < -0.3 is 15.6 Å². The summed E-state index contributed by atoms with van der Waals surface area (Å²) in [6.45, 7) is 3.50. The molecule has 0 aliphatic carbocycles. The molecule has 64 valence electrons. The summed E-state index contributed by atoms with van der Waals surface area (Å²) in [7, 11) is 1.56. The van der Waals surface area contributed by atoms with Gasteiger partial charge in [0, 0.05) is 11.3 Å². The number of rotatable bonds is 3. The van der Waals surface area contributed by atoms with Crippen LogP contribution < -0.4 is 5.73 Å². The van der Waals surface area contributed by atoms with E-state index >= 15 is 0 Å². The zero-order valence-electron chi connectivity index (χ0n) is 7.22. The average Bonchev–Trinajstić information content (AvgIpc) is 1.98. The third-order valence-corrected chi connectivity index (χ3v) is 1.33. The fraction of sp³-hybridized carbons (Fsp3) is 0.500. The summed E-state index contributed by atoms with van der Waals surface area (Å²) in [5, 5.41) is 8.84. The van der Waals surface area contributed by atoms with Crippen molar-refractivity contribution in [2.45, 2.75) is 13.8 Å². The largest absolute Gasteiger partial charge is 0.501 e. The number of nitrogens with two attached hydrogens (primary N) is 1. The second-order valence-electron chi connectivity index (χ2n) is 2.33. The fourth-order valence-corrected chi connectivity index (χ4v) is 0.665. The lowest BCUT2D eigenvalue weighted by atomic mass is 10.2. The molecule has 0 saturated carbocycles. The lowest BCUT2D eigenvalue weighted by molar-refractivity contribution is 0.273. The molecule has 0 unspecified atom stereocenters. The van der Waals surface area contributed by atoms with E-state index in [4.69, 9.17) is 15.6 Å². The minimum absolute atomic E-state index is 0.0474. The van der Waals surface area contributed by atoms with Crippen LogP contribution in [0.5, 0.6) is 0 Å². The Bertz CT molecular complexity index is 179. The first-order valence-corrected chi connectivity index (χ1v) is 3.40. The normalized spacial score (nSPS) is 14.4. The van der Waals surface area contributed by atoms with Crippen LogP contribution in [0.4, 0.5) is 0 Å². The molecule has 0 rings (SSSR count). The molecular weight excluding hydrogens is 142 g/mol. The molecular formula is C8H15NO2. The molecule has 0 aliphatic heterocycles. The van der Waals surface area contributed by atoms with Gasteiger partial charge in [0.25, 0.3) is 0 Å². The second-order valence-corrected chi connectivity index (χ2v) is 2.33. The molecule has 0 amide bonds. The van der Waals surface area contributed by atoms with Crippen LogP contribution in [0, 0.1) is 0 Å². The first kappa shape index (κ1) is 10.0. The van der Waals surface area contributed by atoms with E-state index in [2.05, 4.69) is 0 Å². The van der Waals surface area contributed by atoms with Gasteiger partial charge in [-0.1, -0.05) is 0 Å². The summed E-state index contributed by atoms with van der Waals surface area (Å²) in [5.74, 6) is 0.692. The van der Waals surface area contributed by atoms with Crippen molar-refractivity contribution in [1.29, 1.82) is 0 Å². The number of hydrogen-bond acceptors (Lipinski definition) is 3. The average molecular weight is 157 g/mol. The van der Waals surface area contributed by atoms with Gasteiger partial charge in [-0.25, -0.2) is 0 Å². The predicted octanol–water partition coefficient (Wildman–Crippen LogP) is 0.762. The second kappa shape index (κ2) is 4.79. The van der Waals surface area contributed by atoms with Gasteiger partial charge >= 0.3 is 0 Å². The smallest absolute Gasteiger partial charge is 0.0980 e. The summed E-state index contributed by atoms with van der Waals surface area (Å²) in [4.78, 5) is 0. The minimum Gasteiger partial charge on any atom is -0.501 e. The van der Waals surface area contributed by atoms with Crippen molar-refractivity contribution in [3.63, 3.8) is 0 Å². The van der Waals surface area contributed by atoms with E-state index in [0.29, 0.717) is 17.0 Å². The topological polar surface area (TPSA) is 55.5 Å². The Morgan fingerprint density at radius 3 is 2.36 bits per heavy atom. The zero-order chi connectivity index (χ0) is 8.85. The number of ether oxygens (including phenoxy) is 1. The highest BCUT2D eigenvalue weighted by Crippen LogP contribution is 2.06. The van der Waals surface area contributed by atoms with Gasteiger partial charge in [-0.15, -0.1) is 0 Å². The van der Waals surface area contributed by atoms with Crippen LogP contribution in [0.15, 0.2) is 23.1 Å². The van der Waals surface area contributed by atoms with Crippen LogP contribution in [-0.2, 0) is 4.74 Å². The van der Waals surface area contributed by atoms with Crippen LogP contribution >= 0.6 is 0 Å². The van der Waals surface area contributed by atoms with Crippen molar-refractivity contribution >= 4 is 0 Å². The minimum atomic E-state index is -0.0474. The Morgan fingerprint density at radius 2 is 2.09 bits per heavy atom. The number of aliphatic hydroxyl groups is 1. The predicted molar refractivity (Wildman–Crippen MR) is 44.7 cm³/mol. The molecule has 0 aromatic rings. The fourth-order valence-electron chi connectivity index (χ4n) is 0.665. The molecule has 3 N–H and O–H groups in total. The van der Waals surface area contributed by atoms with Gasteiger partial charge in [0.1, 0.15) is 0 Å². The van der Waals surface area contributed by atoms with Gasteiger partial charge in [0.2, 0.25) is 0 Å². The number of hydrogen-bond donors (Lipinski definition) is 2. The third kappa shape index (κ3) is 3.68. The highest BCUT2D eigenvalue weighted by molar-refractivity contribution is 5.24. The Labute approximate surface area is 67.2 Å². The molecule has 0 fully saturated rings. The molecule has 0 radical (unpaired) electrons. The molecule has 0 aromatic carbocycles. The van der Waals surface area contributed by atoms with Crippen molar-refractivity contribution in [3.05, 3.63) is 23.1 Å². The maximum atomic E-state index is 8.84. The van der Waals surface area contributed by atoms with Gasteiger partial charge in [0.05, 0.1) is 19.5 Å². The van der Waals surface area contributed by atoms with E-state index in [1.807, 2.05) is 0 Å². The Kier molecular flexibility index (Phi) is 4.38. The highest BCUT2D eigenvalue weighted by Gasteiger charge is 1.97. The molecule has 0 bridgehead atoms. The van der Waals surface area contributed by atoms with E-state index in [9.17, 15) is 0 Å². The maximum Gasteiger partial charge on any atom is 0.0980 e. The Morgan fingerprint density at radius 1 is 1.55 bits per heavy atom. The monoisotopic (exact) mass is 157 g/mol. The van der Waals surface area contributed by atoms with Gasteiger partial charge in [-0.05, 0) is 19.9 Å². The molecule has 0 saturated heterocycles. The van der Waals surface area contributed by atoms with Crippen LogP contribution in [0.2, 0.25) is 0 Å². The quantitative estimate of drug-likeness (QED) is 0.470. The molecule has 0 aromatic heterocycles. The lowest BCUT2D eigenvalue weighted by Crippen LogP contribution is -1.98. The maximum absolute atomic E-state index is 8.84. The molecule has 11 heavy (non-hydrogen) atoms. The Hall–Kier alpha value is -0.960. The van der Waals surface area contributed by atoms with Crippen LogP contribution in [0.25, 0.3) is 0 Å². The summed E-state index contributed by atoms with van der Waals surface area (Å²) >= 11 is 0. The van der Waals surface area contributed by atoms with Gasteiger partial charge in [-0.2, -0.15) is 0 Å². The van der Waals surface area contributed by atoms with Crippen molar-refractivity contribution < 1.29 is 9.84 Å². The van der Waals surface area contributed by atoms with E-state index in [-0.39, 0.29) is 6.61 Å². The number of allylic oxidation sites excluding steroid dienone is 2. The molecule has 0 atom stereocenters. The van der Waals surface area contributed by atoms with Crippen LogP contribution in [0.1, 0.15) is 13.8 Å². The summed E-state index contributed by atoms with van der Waals surface area (Å²) in [5.41, 5.74) is 6.79. The molecule has 0 heterocycles. The summed E-state index contributed by atoms with van der Waals surface area (Å²) < 4.78 is 4.92. The first-order chi connectivity index (χ1) is 5.11. The van der Waals surface area contributed by atoms with Crippen molar-refractivity contribution in [1.82, 2.24) is 0 Å². The Balaban J connectivity index is 4.52. The van der Waals surface area contributed by atoms with E-state index in [1.165, 1.54) is 0 Å². The summed E-state index contributed by atoms with van der Waals surface area (Å²) in [6.07, 6.45) is 1.69. The SMILES string of the molecule is CO/C(C)=C(/C=C(\C)N)CO. The van der Waals surface area contributed by atoms with Crippen LogP contribution in [0.3, 0.4) is 0 Å². The van der Waals surface area contributed by atoms with E-state index in [1.54, 1.807) is 27.0 Å². The number of aliphatic hydroxyl groups excluding tert-OH is 1. The van der Waals surface area contributed by atoms with Crippen molar-refractivity contribution in [2.75, 3.05) is 13.7 Å².